The van der Waals surface area contributed by atoms with Crippen LogP contribution in [0, 0.1) is 0 Å². The second-order valence-corrected chi connectivity index (χ2v) is 13.4. The molecule has 1 aliphatic heterocycles. The van der Waals surface area contributed by atoms with Crippen LogP contribution in [-0.2, 0) is 19.6 Å². The predicted molar refractivity (Wildman–Crippen MR) is 157 cm³/mol. The summed E-state index contributed by atoms with van der Waals surface area (Å²) < 4.78 is 33.0. The van der Waals surface area contributed by atoms with Gasteiger partial charge in [-0.1, -0.05) is 60.3 Å². The number of amides is 2. The number of ether oxygens (including phenoxy) is 1. The van der Waals surface area contributed by atoms with E-state index in [0.717, 1.165) is 19.1 Å². The zero-order valence-electron chi connectivity index (χ0n) is 23.0. The highest BCUT2D eigenvalue weighted by atomic mass is 35.5. The zero-order valence-corrected chi connectivity index (χ0v) is 25.4. The van der Waals surface area contributed by atoms with Crippen molar-refractivity contribution < 1.29 is 22.7 Å². The Kier molecular flexibility index (Phi) is 10.2. The number of nitrogens with zero attached hydrogens (tertiary/aromatic N) is 1. The van der Waals surface area contributed by atoms with Gasteiger partial charge in [0.2, 0.25) is 15.9 Å². The molecular weight excluding hydrogens is 573 g/mol. The fourth-order valence-electron chi connectivity index (χ4n) is 5.84. The van der Waals surface area contributed by atoms with Crippen molar-refractivity contribution in [3.63, 3.8) is 0 Å². The van der Waals surface area contributed by atoms with Crippen molar-refractivity contribution in [2.45, 2.75) is 76.1 Å². The van der Waals surface area contributed by atoms with Crippen LogP contribution in [0.15, 0.2) is 42.5 Å². The Morgan fingerprint density at radius 3 is 2.52 bits per heavy atom. The molecule has 0 aromatic heterocycles. The molecule has 4 rings (SSSR count). The molecular formula is C29H37Cl2N3O5S. The van der Waals surface area contributed by atoms with Gasteiger partial charge < -0.3 is 15.0 Å². The number of carbonyl (C=O) groups is 2. The van der Waals surface area contributed by atoms with Crippen LogP contribution in [0.25, 0.3) is 0 Å². The quantitative estimate of drug-likeness (QED) is 0.366. The molecule has 1 heterocycles. The maximum atomic E-state index is 14.3. The normalized spacial score (nSPS) is 23.2. The van der Waals surface area contributed by atoms with E-state index in [2.05, 4.69) is 10.0 Å². The van der Waals surface area contributed by atoms with Gasteiger partial charge in [0.1, 0.15) is 0 Å². The third-order valence-electron chi connectivity index (χ3n) is 7.46. The summed E-state index contributed by atoms with van der Waals surface area (Å²) in [6.07, 6.45) is 4.68. The van der Waals surface area contributed by atoms with Crippen LogP contribution >= 0.6 is 23.2 Å². The Morgan fingerprint density at radius 1 is 1.10 bits per heavy atom. The highest BCUT2D eigenvalue weighted by Gasteiger charge is 2.49. The minimum Gasteiger partial charge on any atom is -0.379 e. The molecule has 1 saturated carbocycles. The molecule has 0 bridgehead atoms. The van der Waals surface area contributed by atoms with Gasteiger partial charge in [-0.15, -0.1) is 0 Å². The summed E-state index contributed by atoms with van der Waals surface area (Å²) in [5.41, 5.74) is 1.62. The number of fused-ring (bicyclic) bond motifs is 1. The lowest BCUT2D eigenvalue weighted by Crippen LogP contribution is -2.59. The van der Waals surface area contributed by atoms with E-state index in [4.69, 9.17) is 27.9 Å². The molecule has 8 nitrogen and oxygen atoms in total. The Morgan fingerprint density at radius 2 is 1.82 bits per heavy atom. The summed E-state index contributed by atoms with van der Waals surface area (Å²) in [6, 6.07) is 10.4. The van der Waals surface area contributed by atoms with Crippen molar-refractivity contribution in [1.82, 2.24) is 14.9 Å². The maximum absolute atomic E-state index is 14.3. The van der Waals surface area contributed by atoms with Crippen LogP contribution in [-0.4, -0.2) is 62.7 Å². The van der Waals surface area contributed by atoms with Crippen molar-refractivity contribution in [3.05, 3.63) is 69.2 Å². The first-order valence-electron chi connectivity index (χ1n) is 13.7. The van der Waals surface area contributed by atoms with Gasteiger partial charge in [0.15, 0.2) is 0 Å². The fourth-order valence-corrected chi connectivity index (χ4v) is 7.19. The van der Waals surface area contributed by atoms with Crippen molar-refractivity contribution >= 4 is 45.0 Å². The van der Waals surface area contributed by atoms with Crippen LogP contribution in [0.5, 0.6) is 0 Å². The molecule has 218 valence electrons. The van der Waals surface area contributed by atoms with Crippen molar-refractivity contribution in [2.24, 2.45) is 0 Å². The summed E-state index contributed by atoms with van der Waals surface area (Å²) in [5, 5.41) is 3.82. The van der Waals surface area contributed by atoms with E-state index in [1.54, 1.807) is 41.3 Å². The van der Waals surface area contributed by atoms with E-state index in [1.807, 2.05) is 19.9 Å². The summed E-state index contributed by atoms with van der Waals surface area (Å²) in [6.45, 7) is 4.83. The van der Waals surface area contributed by atoms with Crippen LogP contribution in [0.3, 0.4) is 0 Å². The summed E-state index contributed by atoms with van der Waals surface area (Å²) in [5.74, 6) is -1.28. The highest BCUT2D eigenvalue weighted by molar-refractivity contribution is 7.88. The predicted octanol–water partition coefficient (Wildman–Crippen LogP) is 5.07. The molecule has 1 fully saturated rings. The average molecular weight is 611 g/mol. The van der Waals surface area contributed by atoms with Crippen LogP contribution in [0.4, 0.5) is 0 Å². The molecule has 2 aromatic carbocycles. The monoisotopic (exact) mass is 609 g/mol. The topological polar surface area (TPSA) is 105 Å². The molecule has 2 aromatic rings. The number of benzene rings is 2. The summed E-state index contributed by atoms with van der Waals surface area (Å²) in [4.78, 5) is 29.9. The SMILES string of the molecule is CC(C)OCCCNC(=O)[C@@H]1c2ccccc2C(=O)N([C@H]2CCCC[C@@H]2NS(C)(=O)=O)[C@H]1c1ccc(Cl)cc1Cl. The third kappa shape index (κ3) is 7.18. The van der Waals surface area contributed by atoms with Gasteiger partial charge in [0.25, 0.3) is 5.91 Å². The zero-order chi connectivity index (χ0) is 29.0. The molecule has 4 atom stereocenters. The standard InChI is InChI=1S/C29H37Cl2N3O5S/c1-18(2)39-16-8-15-32-28(35)26-20-9-4-5-10-21(20)29(36)34(27(26)22-14-13-19(30)17-23(22)31)25-12-7-6-11-24(25)33-40(3,37)38/h4-5,9-10,13-14,17-18,24-27,33H,6-8,11-12,15-16H2,1-3H3,(H,32,35)/t24-,25-,26+,27-/m0/s1. The number of sulfonamides is 1. The Hall–Kier alpha value is -2.17. The highest BCUT2D eigenvalue weighted by Crippen LogP contribution is 2.47. The third-order valence-corrected chi connectivity index (χ3v) is 8.76. The Bertz CT molecular complexity index is 1340. The lowest BCUT2D eigenvalue weighted by molar-refractivity contribution is -0.124. The number of halogens is 2. The van der Waals surface area contributed by atoms with E-state index in [-0.39, 0.29) is 17.9 Å². The molecule has 1 aliphatic carbocycles. The lowest BCUT2D eigenvalue weighted by Gasteiger charge is -2.49. The molecule has 2 N–H and O–H groups in total. The first-order valence-corrected chi connectivity index (χ1v) is 16.4. The number of carbonyl (C=O) groups excluding carboxylic acids is 2. The first kappa shape index (κ1) is 30.8. The minimum absolute atomic E-state index is 0.0981. The van der Waals surface area contributed by atoms with E-state index in [9.17, 15) is 18.0 Å². The van der Waals surface area contributed by atoms with Crippen molar-refractivity contribution in [1.29, 1.82) is 0 Å². The maximum Gasteiger partial charge on any atom is 0.255 e. The van der Waals surface area contributed by atoms with Gasteiger partial charge in [-0.25, -0.2) is 13.1 Å². The summed E-state index contributed by atoms with van der Waals surface area (Å²) in [7, 11) is -3.55. The van der Waals surface area contributed by atoms with E-state index in [1.165, 1.54) is 0 Å². The van der Waals surface area contributed by atoms with E-state index in [0.29, 0.717) is 59.1 Å². The fraction of sp³-hybridized carbons (Fsp3) is 0.517. The van der Waals surface area contributed by atoms with E-state index >= 15 is 0 Å². The Balaban J connectivity index is 1.81. The van der Waals surface area contributed by atoms with Gasteiger partial charge in [0.05, 0.1) is 24.3 Å². The second-order valence-electron chi connectivity index (χ2n) is 10.8. The van der Waals surface area contributed by atoms with E-state index < -0.39 is 34.1 Å². The molecule has 40 heavy (non-hydrogen) atoms. The van der Waals surface area contributed by atoms with Gasteiger partial charge in [-0.2, -0.15) is 0 Å². The van der Waals surface area contributed by atoms with Crippen LogP contribution in [0.2, 0.25) is 10.0 Å². The number of nitrogens with one attached hydrogen (secondary N) is 2. The van der Waals surface area contributed by atoms with Crippen LogP contribution in [0.1, 0.15) is 79.4 Å². The molecule has 0 spiro atoms. The van der Waals surface area contributed by atoms with Gasteiger partial charge in [-0.3, -0.25) is 9.59 Å². The number of hydrogen-bond acceptors (Lipinski definition) is 5. The molecule has 0 unspecified atom stereocenters. The van der Waals surface area contributed by atoms with Crippen molar-refractivity contribution in [2.75, 3.05) is 19.4 Å². The lowest BCUT2D eigenvalue weighted by atomic mass is 9.76. The van der Waals surface area contributed by atoms with Crippen molar-refractivity contribution in [3.8, 4) is 0 Å². The molecule has 0 saturated heterocycles. The van der Waals surface area contributed by atoms with Gasteiger partial charge in [-0.05, 0) is 62.4 Å². The number of rotatable bonds is 10. The summed E-state index contributed by atoms with van der Waals surface area (Å²) >= 11 is 13.0. The average Bonchev–Trinajstić information content (AvgIpc) is 2.88. The molecule has 0 radical (unpaired) electrons. The molecule has 2 amide bonds. The molecule has 11 heteroatoms. The second kappa shape index (κ2) is 13.2. The Labute approximate surface area is 246 Å². The van der Waals surface area contributed by atoms with Crippen LogP contribution < -0.4 is 10.0 Å². The first-order chi connectivity index (χ1) is 19.0. The number of hydrogen-bond donors (Lipinski definition) is 2. The smallest absolute Gasteiger partial charge is 0.255 e. The molecule has 2 aliphatic rings. The van der Waals surface area contributed by atoms with Gasteiger partial charge in [0, 0.05) is 40.8 Å². The van der Waals surface area contributed by atoms with Gasteiger partial charge >= 0.3 is 0 Å². The minimum atomic E-state index is -3.55. The largest absolute Gasteiger partial charge is 0.379 e.